The number of hydrogen-bond acceptors (Lipinski definition) is 4. The molecule has 2 N–H and O–H groups in total. The van der Waals surface area contributed by atoms with Gasteiger partial charge in [-0.15, -0.1) is 11.8 Å². The van der Waals surface area contributed by atoms with E-state index in [9.17, 15) is 9.59 Å². The number of carbonyl (C=O) groups is 2. The Kier molecular flexibility index (Phi) is 4.70. The highest BCUT2D eigenvalue weighted by Crippen LogP contribution is 2.45. The van der Waals surface area contributed by atoms with Crippen molar-refractivity contribution in [1.29, 1.82) is 0 Å². The summed E-state index contributed by atoms with van der Waals surface area (Å²) in [4.78, 5) is 28.1. The molecule has 1 fully saturated rings. The van der Waals surface area contributed by atoms with Gasteiger partial charge >= 0.3 is 0 Å². The molecule has 2 amide bonds. The highest BCUT2D eigenvalue weighted by molar-refractivity contribution is 7.98. The van der Waals surface area contributed by atoms with Gasteiger partial charge in [0.1, 0.15) is 0 Å². The molecule has 0 radical (unpaired) electrons. The summed E-state index contributed by atoms with van der Waals surface area (Å²) in [7, 11) is 0. The largest absolute Gasteiger partial charge is 0.312 e. The van der Waals surface area contributed by atoms with Gasteiger partial charge in [0.25, 0.3) is 5.91 Å². The van der Waals surface area contributed by atoms with E-state index in [4.69, 9.17) is 5.21 Å². The fourth-order valence-corrected chi connectivity index (χ4v) is 4.76. The van der Waals surface area contributed by atoms with Crippen molar-refractivity contribution in [3.8, 4) is 0 Å². The molecule has 140 valence electrons. The number of benzene rings is 2. The fourth-order valence-electron chi connectivity index (χ4n) is 4.31. The van der Waals surface area contributed by atoms with Gasteiger partial charge in [-0.2, -0.15) is 0 Å². The summed E-state index contributed by atoms with van der Waals surface area (Å²) in [5.74, 6) is -0.293. The minimum Gasteiger partial charge on any atom is -0.312 e. The Morgan fingerprint density at radius 1 is 1.19 bits per heavy atom. The van der Waals surface area contributed by atoms with Crippen LogP contribution in [-0.4, -0.2) is 29.8 Å². The maximum Gasteiger partial charge on any atom is 0.274 e. The highest BCUT2D eigenvalue weighted by Gasteiger charge is 2.48. The molecule has 6 heteroatoms. The van der Waals surface area contributed by atoms with Crippen molar-refractivity contribution < 1.29 is 14.8 Å². The Morgan fingerprint density at radius 2 is 2.04 bits per heavy atom. The predicted octanol–water partition coefficient (Wildman–Crippen LogP) is 3.44. The Labute approximate surface area is 162 Å². The number of aryl methyl sites for hydroxylation is 1. The van der Waals surface area contributed by atoms with Gasteiger partial charge in [-0.25, -0.2) is 5.48 Å². The van der Waals surface area contributed by atoms with E-state index in [1.54, 1.807) is 23.3 Å². The van der Waals surface area contributed by atoms with E-state index in [1.807, 2.05) is 35.4 Å². The molecule has 1 saturated heterocycles. The molecule has 0 aromatic heterocycles. The molecule has 0 bridgehead atoms. The van der Waals surface area contributed by atoms with Gasteiger partial charge in [0.15, 0.2) is 0 Å². The van der Waals surface area contributed by atoms with Crippen LogP contribution in [-0.2, 0) is 17.6 Å². The molecule has 1 spiro atoms. The van der Waals surface area contributed by atoms with E-state index >= 15 is 0 Å². The summed E-state index contributed by atoms with van der Waals surface area (Å²) in [5.41, 5.74) is 4.98. The van der Waals surface area contributed by atoms with Crippen LogP contribution in [0.1, 0.15) is 34.3 Å². The second kappa shape index (κ2) is 7.02. The van der Waals surface area contributed by atoms with Crippen LogP contribution in [0.15, 0.2) is 47.4 Å². The van der Waals surface area contributed by atoms with E-state index in [0.717, 1.165) is 47.5 Å². The van der Waals surface area contributed by atoms with Crippen molar-refractivity contribution in [3.63, 3.8) is 0 Å². The van der Waals surface area contributed by atoms with Gasteiger partial charge in [-0.1, -0.05) is 12.1 Å². The van der Waals surface area contributed by atoms with Crippen molar-refractivity contribution in [3.05, 3.63) is 59.2 Å². The lowest BCUT2D eigenvalue weighted by Crippen LogP contribution is -2.38. The molecule has 0 saturated carbocycles. The zero-order valence-corrected chi connectivity index (χ0v) is 16.0. The summed E-state index contributed by atoms with van der Waals surface area (Å²) in [6.45, 7) is 0.747. The molecule has 2 aromatic rings. The zero-order valence-electron chi connectivity index (χ0n) is 15.2. The third kappa shape index (κ3) is 3.13. The Balaban J connectivity index is 1.59. The van der Waals surface area contributed by atoms with Crippen molar-refractivity contribution in [1.82, 2.24) is 5.48 Å². The van der Waals surface area contributed by atoms with E-state index in [2.05, 4.69) is 12.1 Å². The monoisotopic (exact) mass is 382 g/mol. The smallest absolute Gasteiger partial charge is 0.274 e. The van der Waals surface area contributed by atoms with Crippen LogP contribution >= 0.6 is 11.8 Å². The van der Waals surface area contributed by atoms with Crippen LogP contribution in [0.5, 0.6) is 0 Å². The van der Waals surface area contributed by atoms with Crippen LogP contribution < -0.4 is 10.4 Å². The lowest BCUT2D eigenvalue weighted by molar-refractivity contribution is -0.126. The lowest BCUT2D eigenvalue weighted by Gasteiger charge is -2.33. The van der Waals surface area contributed by atoms with Gasteiger partial charge < -0.3 is 4.90 Å². The molecule has 1 atom stereocenters. The van der Waals surface area contributed by atoms with Gasteiger partial charge in [0.05, 0.1) is 5.41 Å². The molecular weight excluding hydrogens is 360 g/mol. The van der Waals surface area contributed by atoms with Gasteiger partial charge in [-0.3, -0.25) is 14.8 Å². The number of carbonyl (C=O) groups excluding carboxylic acids is 2. The van der Waals surface area contributed by atoms with Gasteiger partial charge in [-0.05, 0) is 73.4 Å². The number of hydroxylamine groups is 1. The minimum atomic E-state index is -0.505. The van der Waals surface area contributed by atoms with Crippen molar-refractivity contribution in [2.24, 2.45) is 5.41 Å². The van der Waals surface area contributed by atoms with Gasteiger partial charge in [0, 0.05) is 22.7 Å². The quantitative estimate of drug-likeness (QED) is 0.485. The lowest BCUT2D eigenvalue weighted by atomic mass is 9.70. The average Bonchev–Trinajstić information content (AvgIpc) is 3.02. The van der Waals surface area contributed by atoms with Crippen LogP contribution in [0.4, 0.5) is 5.69 Å². The van der Waals surface area contributed by atoms with Gasteiger partial charge in [0.2, 0.25) is 5.91 Å². The van der Waals surface area contributed by atoms with E-state index < -0.39 is 5.91 Å². The number of amides is 2. The van der Waals surface area contributed by atoms with Crippen molar-refractivity contribution >= 4 is 29.3 Å². The molecule has 4 rings (SSSR count). The summed E-state index contributed by atoms with van der Waals surface area (Å²) in [6, 6.07) is 13.6. The first kappa shape index (κ1) is 18.1. The standard InChI is InChI=1S/C21H22N2O3S/c1-27-18-4-2-3-17(12-18)23-10-9-21(20(23)25)8-7-14-11-15(19(24)22-26)5-6-16(14)13-21/h2-6,11-12,26H,7-10,13H2,1H3,(H,22,24). The number of thioether (sulfide) groups is 1. The third-order valence-electron chi connectivity index (χ3n) is 5.85. The number of anilines is 1. The maximum atomic E-state index is 13.3. The molecule has 1 aliphatic carbocycles. The number of nitrogens with zero attached hydrogens (tertiary/aromatic N) is 1. The van der Waals surface area contributed by atoms with E-state index in [0.29, 0.717) is 12.0 Å². The molecule has 5 nitrogen and oxygen atoms in total. The molecule has 2 aromatic carbocycles. The highest BCUT2D eigenvalue weighted by atomic mass is 32.2. The first-order valence-electron chi connectivity index (χ1n) is 9.08. The van der Waals surface area contributed by atoms with E-state index in [1.165, 1.54) is 0 Å². The SMILES string of the molecule is CSc1cccc(N2CCC3(CCc4cc(C(=O)NO)ccc4C3)C2=O)c1. The molecular formula is C21H22N2O3S. The van der Waals surface area contributed by atoms with Crippen molar-refractivity contribution in [2.45, 2.75) is 30.6 Å². The summed E-state index contributed by atoms with van der Waals surface area (Å²) >= 11 is 1.68. The van der Waals surface area contributed by atoms with Crippen LogP contribution in [0.25, 0.3) is 0 Å². The number of fused-ring (bicyclic) bond motifs is 1. The maximum absolute atomic E-state index is 13.3. The number of rotatable bonds is 3. The van der Waals surface area contributed by atoms with E-state index in [-0.39, 0.29) is 11.3 Å². The molecule has 1 unspecified atom stereocenters. The third-order valence-corrected chi connectivity index (χ3v) is 6.57. The Hall–Kier alpha value is -2.31. The minimum absolute atomic E-state index is 0.212. The zero-order chi connectivity index (χ0) is 19.0. The fraction of sp³-hybridized carbons (Fsp3) is 0.333. The van der Waals surface area contributed by atoms with Crippen molar-refractivity contribution in [2.75, 3.05) is 17.7 Å². The molecule has 2 aliphatic rings. The second-order valence-electron chi connectivity index (χ2n) is 7.29. The topological polar surface area (TPSA) is 69.6 Å². The molecule has 27 heavy (non-hydrogen) atoms. The van der Waals surface area contributed by atoms with Crippen LogP contribution in [0.3, 0.4) is 0 Å². The molecule has 1 aliphatic heterocycles. The predicted molar refractivity (Wildman–Crippen MR) is 105 cm³/mol. The molecule has 1 heterocycles. The number of nitrogens with one attached hydrogen (secondary N) is 1. The second-order valence-corrected chi connectivity index (χ2v) is 8.17. The first-order chi connectivity index (χ1) is 13.1. The summed E-state index contributed by atoms with van der Waals surface area (Å²) < 4.78 is 0. The first-order valence-corrected chi connectivity index (χ1v) is 10.3. The Morgan fingerprint density at radius 3 is 2.81 bits per heavy atom. The average molecular weight is 382 g/mol. The summed E-state index contributed by atoms with van der Waals surface area (Å²) in [5, 5.41) is 8.82. The van der Waals surface area contributed by atoms with Crippen LogP contribution in [0, 0.1) is 5.41 Å². The normalized spacial score (nSPS) is 21.4. The summed E-state index contributed by atoms with van der Waals surface area (Å²) in [6.07, 6.45) is 5.17. The Bertz CT molecular complexity index is 914. The van der Waals surface area contributed by atoms with Crippen LogP contribution in [0.2, 0.25) is 0 Å². The number of hydrogen-bond donors (Lipinski definition) is 2.